The summed E-state index contributed by atoms with van der Waals surface area (Å²) in [5.41, 5.74) is 6.58. The maximum atomic E-state index is 13.8. The number of pyridine rings is 1. The summed E-state index contributed by atoms with van der Waals surface area (Å²) in [7, 11) is 1.51. The monoisotopic (exact) mass is 597 g/mol. The van der Waals surface area contributed by atoms with E-state index in [0.717, 1.165) is 36.8 Å². The second kappa shape index (κ2) is 10.2. The van der Waals surface area contributed by atoms with Crippen LogP contribution in [-0.2, 0) is 15.8 Å². The van der Waals surface area contributed by atoms with E-state index in [0.29, 0.717) is 45.3 Å². The van der Waals surface area contributed by atoms with Crippen LogP contribution in [-0.4, -0.2) is 52.4 Å². The number of aromatic nitrogens is 3. The minimum atomic E-state index is -1.56. The van der Waals surface area contributed by atoms with E-state index in [1.807, 2.05) is 6.07 Å². The zero-order valence-electron chi connectivity index (χ0n) is 24.4. The molecule has 4 N–H and O–H groups in total. The minimum Gasteiger partial charge on any atom is -0.494 e. The number of rotatable bonds is 9. The van der Waals surface area contributed by atoms with E-state index in [9.17, 15) is 19.1 Å². The molecule has 0 unspecified atom stereocenters. The van der Waals surface area contributed by atoms with Gasteiger partial charge in [0.2, 0.25) is 5.91 Å². The number of carbonyl (C=O) groups excluding carboxylic acids is 2. The van der Waals surface area contributed by atoms with E-state index in [1.54, 1.807) is 37.3 Å². The predicted molar refractivity (Wildman–Crippen MR) is 159 cm³/mol. The van der Waals surface area contributed by atoms with Crippen LogP contribution in [0.2, 0.25) is 0 Å². The van der Waals surface area contributed by atoms with Gasteiger partial charge in [0.1, 0.15) is 46.1 Å². The van der Waals surface area contributed by atoms with E-state index in [-0.39, 0.29) is 24.8 Å². The summed E-state index contributed by atoms with van der Waals surface area (Å²) in [4.78, 5) is 31.0. The Labute approximate surface area is 252 Å². The highest BCUT2D eigenvalue weighted by molar-refractivity contribution is 6.00. The SMILES string of the molecule is COc1cc(C(=O)NC[C@](O)(c2cc3c(c(-c4ccc(F)cc4)n2)OC[C@]3(C)C(N)=O)C2CC2)cc2cc(C3CC3)nnc12. The van der Waals surface area contributed by atoms with Crippen molar-refractivity contribution < 1.29 is 28.6 Å². The van der Waals surface area contributed by atoms with Crippen molar-refractivity contribution >= 4 is 22.7 Å². The Balaban J connectivity index is 1.25. The first-order valence-electron chi connectivity index (χ1n) is 14.7. The lowest BCUT2D eigenvalue weighted by molar-refractivity contribution is -0.123. The number of benzene rings is 2. The Kier molecular flexibility index (Phi) is 6.54. The number of amides is 2. The van der Waals surface area contributed by atoms with Gasteiger partial charge in [-0.15, -0.1) is 5.10 Å². The number of nitrogens with zero attached hydrogens (tertiary/aromatic N) is 3. The van der Waals surface area contributed by atoms with E-state index in [4.69, 9.17) is 20.2 Å². The highest BCUT2D eigenvalue weighted by atomic mass is 19.1. The maximum Gasteiger partial charge on any atom is 0.251 e. The summed E-state index contributed by atoms with van der Waals surface area (Å²) >= 11 is 0. The molecule has 7 rings (SSSR count). The van der Waals surface area contributed by atoms with Crippen molar-refractivity contribution in [2.24, 2.45) is 11.7 Å². The number of hydrogen-bond acceptors (Lipinski definition) is 8. The van der Waals surface area contributed by atoms with Gasteiger partial charge in [-0.2, -0.15) is 5.10 Å². The first-order chi connectivity index (χ1) is 21.1. The van der Waals surface area contributed by atoms with Crippen molar-refractivity contribution in [3.8, 4) is 22.8 Å². The molecule has 2 aromatic carbocycles. The quantitative estimate of drug-likeness (QED) is 0.263. The number of primary amides is 1. The fourth-order valence-electron chi connectivity index (χ4n) is 5.94. The summed E-state index contributed by atoms with van der Waals surface area (Å²) in [6, 6.07) is 12.7. The average Bonchev–Trinajstić information content (AvgIpc) is 3.96. The summed E-state index contributed by atoms with van der Waals surface area (Å²) in [6.45, 7) is 1.55. The van der Waals surface area contributed by atoms with Crippen molar-refractivity contribution in [2.45, 2.75) is 49.5 Å². The Morgan fingerprint density at radius 3 is 2.55 bits per heavy atom. The van der Waals surface area contributed by atoms with Gasteiger partial charge in [-0.3, -0.25) is 9.59 Å². The van der Waals surface area contributed by atoms with Gasteiger partial charge >= 0.3 is 0 Å². The molecule has 2 aromatic heterocycles. The lowest BCUT2D eigenvalue weighted by Crippen LogP contribution is -2.44. The molecule has 3 aliphatic rings. The molecule has 2 atom stereocenters. The van der Waals surface area contributed by atoms with E-state index >= 15 is 0 Å². The zero-order chi connectivity index (χ0) is 30.8. The van der Waals surface area contributed by atoms with Gasteiger partial charge in [0.05, 0.1) is 25.0 Å². The number of fused-ring (bicyclic) bond motifs is 2. The molecule has 1 aliphatic heterocycles. The molecule has 4 aromatic rings. The zero-order valence-corrected chi connectivity index (χ0v) is 24.4. The van der Waals surface area contributed by atoms with Gasteiger partial charge in [-0.1, -0.05) is 0 Å². The fraction of sp³-hybridized carbons (Fsp3) is 0.364. The molecule has 0 saturated heterocycles. The molecule has 10 nitrogen and oxygen atoms in total. The standard InChI is InChI=1S/C33H32FN5O5/c1-32(31(35)41)16-44-29-23(32)14-26(37-28(29)18-5-9-22(34)10-6-18)33(42,21-7-8-21)15-36-30(40)20-11-19-12-24(17-3-4-17)38-39-27(19)25(13-20)43-2/h5-6,9-14,17,21,42H,3-4,7-8,15-16H2,1-2H3,(H2,35,41)(H,36,40)/t32-,33+/m0/s1. The molecular formula is C33H32FN5O5. The van der Waals surface area contributed by atoms with Crippen molar-refractivity contribution in [3.63, 3.8) is 0 Å². The maximum absolute atomic E-state index is 13.8. The third kappa shape index (κ3) is 4.71. The highest BCUT2D eigenvalue weighted by Gasteiger charge is 2.50. The number of hydrogen-bond donors (Lipinski definition) is 3. The highest BCUT2D eigenvalue weighted by Crippen LogP contribution is 2.50. The van der Waals surface area contributed by atoms with Gasteiger partial charge in [0.25, 0.3) is 5.91 Å². The molecule has 11 heteroatoms. The lowest BCUT2D eigenvalue weighted by atomic mass is 9.81. The van der Waals surface area contributed by atoms with Gasteiger partial charge in [0, 0.05) is 28.0 Å². The van der Waals surface area contributed by atoms with E-state index in [2.05, 4.69) is 15.5 Å². The first kappa shape index (κ1) is 28.1. The number of carbonyl (C=O) groups is 2. The van der Waals surface area contributed by atoms with Crippen LogP contribution >= 0.6 is 0 Å². The van der Waals surface area contributed by atoms with Crippen LogP contribution in [0.25, 0.3) is 22.2 Å². The van der Waals surface area contributed by atoms with Crippen LogP contribution in [0.5, 0.6) is 11.5 Å². The summed E-state index contributed by atoms with van der Waals surface area (Å²) in [5, 5.41) is 24.5. The molecule has 2 saturated carbocycles. The van der Waals surface area contributed by atoms with Gasteiger partial charge in [0.15, 0.2) is 0 Å². The first-order valence-corrected chi connectivity index (χ1v) is 14.7. The average molecular weight is 598 g/mol. The van der Waals surface area contributed by atoms with Crippen LogP contribution in [0, 0.1) is 11.7 Å². The van der Waals surface area contributed by atoms with Gasteiger partial charge in [-0.05, 0) is 87.1 Å². The van der Waals surface area contributed by atoms with Crippen LogP contribution in [0.15, 0.2) is 48.5 Å². The Morgan fingerprint density at radius 1 is 1.14 bits per heavy atom. The molecule has 2 amide bonds. The van der Waals surface area contributed by atoms with Crippen LogP contribution in [0.4, 0.5) is 4.39 Å². The largest absolute Gasteiger partial charge is 0.494 e. The molecule has 0 spiro atoms. The Hall–Kier alpha value is -4.64. The molecule has 0 radical (unpaired) electrons. The van der Waals surface area contributed by atoms with Crippen LogP contribution in [0.1, 0.15) is 65.8 Å². The molecule has 2 fully saturated rings. The van der Waals surface area contributed by atoms with Crippen molar-refractivity contribution in [1.29, 1.82) is 0 Å². The number of nitrogens with two attached hydrogens (primary N) is 1. The van der Waals surface area contributed by atoms with Gasteiger partial charge in [-0.25, -0.2) is 9.37 Å². The molecule has 2 aliphatic carbocycles. The molecular weight excluding hydrogens is 565 g/mol. The second-order valence-electron chi connectivity index (χ2n) is 12.3. The Bertz CT molecular complexity index is 1820. The number of methoxy groups -OCH3 is 1. The van der Waals surface area contributed by atoms with Crippen LogP contribution < -0.4 is 20.5 Å². The number of halogens is 1. The summed E-state index contributed by atoms with van der Waals surface area (Å²) < 4.78 is 25.3. The molecule has 3 heterocycles. The Morgan fingerprint density at radius 2 is 1.89 bits per heavy atom. The summed E-state index contributed by atoms with van der Waals surface area (Å²) in [5.74, 6) is -0.399. The number of ether oxygens (including phenoxy) is 2. The minimum absolute atomic E-state index is 0.00617. The number of nitrogens with one attached hydrogen (secondary N) is 1. The van der Waals surface area contributed by atoms with Gasteiger partial charge < -0.3 is 25.6 Å². The molecule has 0 bridgehead atoms. The third-order valence-corrected chi connectivity index (χ3v) is 9.10. The fourth-order valence-corrected chi connectivity index (χ4v) is 5.94. The van der Waals surface area contributed by atoms with Crippen molar-refractivity contribution in [1.82, 2.24) is 20.5 Å². The van der Waals surface area contributed by atoms with Crippen LogP contribution in [0.3, 0.4) is 0 Å². The molecule has 226 valence electrons. The third-order valence-electron chi connectivity index (χ3n) is 9.10. The van der Waals surface area contributed by atoms with Crippen molar-refractivity contribution in [2.75, 3.05) is 20.3 Å². The summed E-state index contributed by atoms with van der Waals surface area (Å²) in [6.07, 6.45) is 3.60. The predicted octanol–water partition coefficient (Wildman–Crippen LogP) is 3.88. The topological polar surface area (TPSA) is 150 Å². The van der Waals surface area contributed by atoms with E-state index in [1.165, 1.54) is 19.2 Å². The van der Waals surface area contributed by atoms with E-state index < -0.39 is 28.6 Å². The number of aliphatic hydroxyl groups is 1. The smallest absolute Gasteiger partial charge is 0.251 e. The molecule has 44 heavy (non-hydrogen) atoms. The van der Waals surface area contributed by atoms with Crippen molar-refractivity contribution in [3.05, 3.63) is 76.9 Å². The lowest BCUT2D eigenvalue weighted by Gasteiger charge is -2.30. The normalized spacial score (nSPS) is 20.5. The second-order valence-corrected chi connectivity index (χ2v) is 12.3.